The Bertz CT molecular complexity index is 6.85. The molecule has 3 nitrogen and oxygen atoms in total. The van der Waals surface area contributed by atoms with Crippen molar-refractivity contribution in [3.05, 3.63) is 0 Å². The molecular weight excluding hydrogens is 259 g/mol. The van der Waals surface area contributed by atoms with E-state index in [0.717, 1.165) is 0 Å². The summed E-state index contributed by atoms with van der Waals surface area (Å²) in [7, 11) is 0. The van der Waals surface area contributed by atoms with Gasteiger partial charge in [-0.05, 0) is 0 Å². The fraction of sp³-hybridized carbons (Fsp3) is 0. The van der Waals surface area contributed by atoms with Crippen molar-refractivity contribution < 1.29 is 37.5 Å². The van der Waals surface area contributed by atoms with Crippen LogP contribution in [0.5, 0.6) is 0 Å². The van der Waals surface area contributed by atoms with E-state index in [1.807, 2.05) is 0 Å². The van der Waals surface area contributed by atoms with Crippen molar-refractivity contribution in [1.82, 2.24) is 0 Å². The van der Waals surface area contributed by atoms with Crippen LogP contribution in [0.15, 0.2) is 0 Å². The summed E-state index contributed by atoms with van der Waals surface area (Å²) in [6.07, 6.45) is 0. The Morgan fingerprint density at radius 1 is 0.600 bits per heavy atom. The predicted octanol–water partition coefficient (Wildman–Crippen LogP) is -0.740. The number of hydrogen-bond acceptors (Lipinski definition) is 0. The van der Waals surface area contributed by atoms with Crippen molar-refractivity contribution in [2.24, 2.45) is 0 Å². The second-order valence-electron chi connectivity index (χ2n) is 0. The molecule has 0 amide bonds. The maximum absolute atomic E-state index is 0. The molecule has 0 aliphatic carbocycles. The quantitative estimate of drug-likeness (QED) is 0.513. The van der Waals surface area contributed by atoms with Crippen molar-refractivity contribution in [1.29, 1.82) is 0 Å². The Labute approximate surface area is 55.1 Å². The van der Waals surface area contributed by atoms with Gasteiger partial charge in [-0.25, -0.2) is 0 Å². The van der Waals surface area contributed by atoms with E-state index in [1.54, 1.807) is 0 Å². The minimum absolute atomic E-state index is 0. The van der Waals surface area contributed by atoms with Gasteiger partial charge < -0.3 is 16.4 Å². The summed E-state index contributed by atoms with van der Waals surface area (Å²) in [6, 6.07) is 0. The maximum atomic E-state index is 0. The first kappa shape index (κ1) is 131. The van der Waals surface area contributed by atoms with Gasteiger partial charge >= 0.3 is 0 Å². The molecule has 0 bridgehead atoms. The van der Waals surface area contributed by atoms with Crippen LogP contribution in [0.25, 0.3) is 0 Å². The third-order valence-corrected chi connectivity index (χ3v) is 0. The smallest absolute Gasteiger partial charge is 0 e. The van der Waals surface area contributed by atoms with Crippen LogP contribution in [-0.4, -0.2) is 17.4 Å². The summed E-state index contributed by atoms with van der Waals surface area (Å²) in [5.41, 5.74) is 0. The standard InChI is InChI=1S/Al.3O.W/q;3*-2;. The summed E-state index contributed by atoms with van der Waals surface area (Å²) in [4.78, 5) is 0. The van der Waals surface area contributed by atoms with Crippen molar-refractivity contribution in [2.45, 2.75) is 0 Å². The molecule has 0 aromatic rings. The van der Waals surface area contributed by atoms with Gasteiger partial charge in [0.05, 0.1) is 0 Å². The predicted molar refractivity (Wildman–Crippen MR) is 7.81 cm³/mol. The van der Waals surface area contributed by atoms with E-state index in [9.17, 15) is 0 Å². The van der Waals surface area contributed by atoms with Crippen LogP contribution >= 0.6 is 0 Å². The first-order chi connectivity index (χ1) is 0. The monoisotopic (exact) mass is 259 g/mol. The molecular formula is AlO3W-6. The largest absolute Gasteiger partial charge is 2.00 e. The molecule has 0 aromatic carbocycles. The van der Waals surface area contributed by atoms with Crippen LogP contribution < -0.4 is 0 Å². The molecule has 0 unspecified atom stereocenters. The van der Waals surface area contributed by atoms with E-state index in [1.165, 1.54) is 0 Å². The van der Waals surface area contributed by atoms with E-state index in [2.05, 4.69) is 0 Å². The van der Waals surface area contributed by atoms with Gasteiger partial charge in [0.15, 0.2) is 0 Å². The van der Waals surface area contributed by atoms with Crippen molar-refractivity contribution >= 4 is 17.4 Å². The third kappa shape index (κ3) is 40.5. The van der Waals surface area contributed by atoms with E-state index in [0.29, 0.717) is 0 Å². The third-order valence-electron chi connectivity index (χ3n) is 0. The molecule has 0 spiro atoms. The van der Waals surface area contributed by atoms with Crippen LogP contribution in [0, 0.1) is 0 Å². The van der Waals surface area contributed by atoms with Gasteiger partial charge in [-0.15, -0.1) is 0 Å². The second kappa shape index (κ2) is 70.8. The van der Waals surface area contributed by atoms with Crippen LogP contribution in [0.3, 0.4) is 0 Å². The van der Waals surface area contributed by atoms with Gasteiger partial charge in [0.1, 0.15) is 0 Å². The van der Waals surface area contributed by atoms with Gasteiger partial charge in [-0.1, -0.05) is 0 Å². The molecule has 0 fully saturated rings. The Morgan fingerprint density at radius 2 is 0.600 bits per heavy atom. The topological polar surface area (TPSA) is 85.5 Å². The van der Waals surface area contributed by atoms with E-state index < -0.39 is 0 Å². The molecule has 5 heavy (non-hydrogen) atoms. The molecule has 0 aliphatic rings. The summed E-state index contributed by atoms with van der Waals surface area (Å²) < 4.78 is 0. The van der Waals surface area contributed by atoms with Gasteiger partial charge in [-0.2, -0.15) is 0 Å². The van der Waals surface area contributed by atoms with Gasteiger partial charge in [0, 0.05) is 38.4 Å². The Hall–Kier alpha value is 1.10. The summed E-state index contributed by atoms with van der Waals surface area (Å²) in [5.74, 6) is 0. The molecule has 3 radical (unpaired) electrons. The molecule has 0 N–H and O–H groups in total. The zero-order valence-electron chi connectivity index (χ0n) is 2.21. The SMILES string of the molecule is [Al].[O-2].[O-2].[O-2].[W]. The van der Waals surface area contributed by atoms with Crippen molar-refractivity contribution in [2.75, 3.05) is 0 Å². The molecule has 5 heteroatoms. The van der Waals surface area contributed by atoms with Gasteiger partial charge in [-0.3, -0.25) is 0 Å². The van der Waals surface area contributed by atoms with E-state index >= 15 is 0 Å². The average molecular weight is 259 g/mol. The Kier molecular flexibility index (Phi) is 1850. The second-order valence-corrected chi connectivity index (χ2v) is 0. The fourth-order valence-electron chi connectivity index (χ4n) is 0. The molecule has 0 atom stereocenters. The molecule has 0 saturated carbocycles. The van der Waals surface area contributed by atoms with Crippen molar-refractivity contribution in [3.63, 3.8) is 0 Å². The van der Waals surface area contributed by atoms with Crippen LogP contribution in [0.1, 0.15) is 0 Å². The van der Waals surface area contributed by atoms with Crippen LogP contribution in [0.2, 0.25) is 0 Å². The first-order valence-electron chi connectivity index (χ1n) is 0. The van der Waals surface area contributed by atoms with Gasteiger partial charge in [0.2, 0.25) is 0 Å². The normalized spacial score (nSPS) is 0. The minimum atomic E-state index is 0. The molecule has 0 aromatic heterocycles. The van der Waals surface area contributed by atoms with Gasteiger partial charge in [0.25, 0.3) is 0 Å². The van der Waals surface area contributed by atoms with Crippen LogP contribution in [-0.2, 0) is 37.5 Å². The van der Waals surface area contributed by atoms with E-state index in [-0.39, 0.29) is 54.9 Å². The van der Waals surface area contributed by atoms with E-state index in [4.69, 9.17) is 0 Å². The summed E-state index contributed by atoms with van der Waals surface area (Å²) in [6.45, 7) is 0. The Morgan fingerprint density at radius 3 is 0.600 bits per heavy atom. The fourth-order valence-corrected chi connectivity index (χ4v) is 0. The Balaban J connectivity index is 0. The first-order valence-corrected chi connectivity index (χ1v) is 0. The average Bonchev–Trinajstić information content (AvgIpc) is 0. The molecule has 0 saturated heterocycles. The number of rotatable bonds is 0. The molecule has 0 heterocycles. The van der Waals surface area contributed by atoms with Crippen LogP contribution in [0.4, 0.5) is 0 Å². The zero-order valence-corrected chi connectivity index (χ0v) is 6.30. The number of hydrogen-bond donors (Lipinski definition) is 0. The molecule has 33 valence electrons. The molecule has 0 aliphatic heterocycles. The minimum Gasteiger partial charge on any atom is -2.00 e. The zero-order chi connectivity index (χ0) is 0. The summed E-state index contributed by atoms with van der Waals surface area (Å²) >= 11 is 0. The van der Waals surface area contributed by atoms with Crippen molar-refractivity contribution in [3.8, 4) is 0 Å². The molecule has 0 rings (SSSR count). The maximum Gasteiger partial charge on any atom is 0 e. The summed E-state index contributed by atoms with van der Waals surface area (Å²) in [5, 5.41) is 0.